The quantitative estimate of drug-likeness (QED) is 0.628. The first-order chi connectivity index (χ1) is 6.72. The zero-order chi connectivity index (χ0) is 10.1. The van der Waals surface area contributed by atoms with Gasteiger partial charge in [0.05, 0.1) is 0 Å². The molecule has 2 heteroatoms. The van der Waals surface area contributed by atoms with Crippen LogP contribution in [0.15, 0.2) is 24.4 Å². The molecule has 0 fully saturated rings. The molecule has 0 saturated heterocycles. The van der Waals surface area contributed by atoms with Crippen LogP contribution in [0.1, 0.15) is 22.7 Å². The Kier molecular flexibility index (Phi) is 2.12. The molecule has 1 atom stereocenters. The van der Waals surface area contributed by atoms with Gasteiger partial charge in [0.1, 0.15) is 12.3 Å². The number of benzene rings is 1. The van der Waals surface area contributed by atoms with Crippen molar-refractivity contribution < 1.29 is 4.79 Å². The van der Waals surface area contributed by atoms with Crippen LogP contribution in [0.25, 0.3) is 6.08 Å². The Bertz CT molecular complexity index is 395. The maximum Gasteiger partial charge on any atom is 0.146 e. The lowest BCUT2D eigenvalue weighted by Crippen LogP contribution is -2.23. The summed E-state index contributed by atoms with van der Waals surface area (Å²) >= 11 is 0. The maximum atomic E-state index is 10.9. The third kappa shape index (κ3) is 1.33. The Balaban J connectivity index is 2.54. The fraction of sp³-hybridized carbons (Fsp3) is 0.250. The molecule has 1 aromatic carbocycles. The number of carbonyl (C=O) groups excluding carboxylic acids is 1. The fourth-order valence-electron chi connectivity index (χ4n) is 1.79. The van der Waals surface area contributed by atoms with E-state index >= 15 is 0 Å². The lowest BCUT2D eigenvalue weighted by atomic mass is 9.96. The molecule has 0 saturated carbocycles. The number of hydrogen-bond acceptors (Lipinski definition) is 2. The van der Waals surface area contributed by atoms with E-state index in [0.29, 0.717) is 0 Å². The van der Waals surface area contributed by atoms with Crippen LogP contribution in [-0.2, 0) is 4.79 Å². The standard InChI is InChI=1S/C12H13NO/c1-9-3-4-11-10(7-9)5-6-13(2)12(11)8-14/h3-8,12H,1-2H3. The molecule has 1 aromatic rings. The first-order valence-electron chi connectivity index (χ1n) is 4.68. The van der Waals surface area contributed by atoms with E-state index in [2.05, 4.69) is 13.0 Å². The van der Waals surface area contributed by atoms with Gasteiger partial charge in [0.15, 0.2) is 0 Å². The van der Waals surface area contributed by atoms with Crippen LogP contribution in [0.5, 0.6) is 0 Å². The van der Waals surface area contributed by atoms with Crippen molar-refractivity contribution in [3.05, 3.63) is 41.1 Å². The van der Waals surface area contributed by atoms with E-state index in [0.717, 1.165) is 17.4 Å². The molecule has 0 bridgehead atoms. The van der Waals surface area contributed by atoms with E-state index in [9.17, 15) is 4.79 Å². The normalized spacial score (nSPS) is 19.3. The molecule has 72 valence electrons. The number of likely N-dealkylation sites (N-methyl/N-ethyl adjacent to an activating group) is 1. The summed E-state index contributed by atoms with van der Waals surface area (Å²) in [6, 6.07) is 6.05. The third-order valence-corrected chi connectivity index (χ3v) is 2.62. The topological polar surface area (TPSA) is 20.3 Å². The van der Waals surface area contributed by atoms with Gasteiger partial charge in [-0.1, -0.05) is 23.8 Å². The van der Waals surface area contributed by atoms with Crippen LogP contribution in [0.2, 0.25) is 0 Å². The average Bonchev–Trinajstić information content (AvgIpc) is 2.18. The molecule has 0 N–H and O–H groups in total. The number of rotatable bonds is 1. The van der Waals surface area contributed by atoms with Crippen molar-refractivity contribution in [3.63, 3.8) is 0 Å². The Morgan fingerprint density at radius 1 is 1.43 bits per heavy atom. The van der Waals surface area contributed by atoms with Crippen LogP contribution < -0.4 is 0 Å². The summed E-state index contributed by atoms with van der Waals surface area (Å²) in [6.45, 7) is 2.06. The lowest BCUT2D eigenvalue weighted by molar-refractivity contribution is -0.111. The van der Waals surface area contributed by atoms with Crippen molar-refractivity contribution >= 4 is 12.4 Å². The van der Waals surface area contributed by atoms with E-state index < -0.39 is 0 Å². The molecule has 2 rings (SSSR count). The summed E-state index contributed by atoms with van der Waals surface area (Å²) < 4.78 is 0. The zero-order valence-corrected chi connectivity index (χ0v) is 8.40. The van der Waals surface area contributed by atoms with Gasteiger partial charge in [-0.3, -0.25) is 0 Å². The smallest absolute Gasteiger partial charge is 0.146 e. The van der Waals surface area contributed by atoms with Gasteiger partial charge in [-0.25, -0.2) is 0 Å². The number of carbonyl (C=O) groups is 1. The SMILES string of the molecule is Cc1ccc2c(c1)C=CN(C)C2C=O. The number of hydrogen-bond donors (Lipinski definition) is 0. The molecule has 0 spiro atoms. The summed E-state index contributed by atoms with van der Waals surface area (Å²) in [4.78, 5) is 12.9. The van der Waals surface area contributed by atoms with Crippen molar-refractivity contribution in [2.75, 3.05) is 7.05 Å². The summed E-state index contributed by atoms with van der Waals surface area (Å²) in [5, 5.41) is 0. The predicted molar refractivity (Wildman–Crippen MR) is 56.8 cm³/mol. The number of aryl methyl sites for hydroxylation is 1. The molecule has 1 heterocycles. The van der Waals surface area contributed by atoms with Gasteiger partial charge < -0.3 is 9.69 Å². The third-order valence-electron chi connectivity index (χ3n) is 2.62. The second kappa shape index (κ2) is 3.29. The first kappa shape index (κ1) is 9.00. The number of fused-ring (bicyclic) bond motifs is 1. The minimum absolute atomic E-state index is 0.129. The highest BCUT2D eigenvalue weighted by atomic mass is 16.1. The molecule has 0 amide bonds. The summed E-state index contributed by atoms with van der Waals surface area (Å²) in [7, 11) is 1.92. The number of nitrogens with zero attached hydrogens (tertiary/aromatic N) is 1. The molecular weight excluding hydrogens is 174 g/mol. The maximum absolute atomic E-state index is 10.9. The van der Waals surface area contributed by atoms with Gasteiger partial charge in [0, 0.05) is 13.2 Å². The van der Waals surface area contributed by atoms with Crippen LogP contribution in [0.4, 0.5) is 0 Å². The Morgan fingerprint density at radius 2 is 2.21 bits per heavy atom. The molecule has 14 heavy (non-hydrogen) atoms. The average molecular weight is 187 g/mol. The van der Waals surface area contributed by atoms with E-state index in [-0.39, 0.29) is 6.04 Å². The van der Waals surface area contributed by atoms with Crippen molar-refractivity contribution in [1.82, 2.24) is 4.90 Å². The highest BCUT2D eigenvalue weighted by Gasteiger charge is 2.19. The van der Waals surface area contributed by atoms with Gasteiger partial charge in [0.2, 0.25) is 0 Å². The molecule has 1 aliphatic rings. The molecule has 1 unspecified atom stereocenters. The van der Waals surface area contributed by atoms with Crippen LogP contribution in [0.3, 0.4) is 0 Å². The highest BCUT2D eigenvalue weighted by Crippen LogP contribution is 2.27. The lowest BCUT2D eigenvalue weighted by Gasteiger charge is -2.27. The molecular formula is C12H13NO. The summed E-state index contributed by atoms with van der Waals surface area (Å²) in [5.74, 6) is 0. The molecule has 2 nitrogen and oxygen atoms in total. The van der Waals surface area contributed by atoms with Crippen LogP contribution in [-0.4, -0.2) is 18.2 Å². The van der Waals surface area contributed by atoms with Gasteiger partial charge >= 0.3 is 0 Å². The summed E-state index contributed by atoms with van der Waals surface area (Å²) in [6.07, 6.45) is 4.97. The second-order valence-electron chi connectivity index (χ2n) is 3.69. The van der Waals surface area contributed by atoms with Gasteiger partial charge in [-0.05, 0) is 24.1 Å². The van der Waals surface area contributed by atoms with Crippen molar-refractivity contribution in [2.45, 2.75) is 13.0 Å². The second-order valence-corrected chi connectivity index (χ2v) is 3.69. The fourth-order valence-corrected chi connectivity index (χ4v) is 1.79. The minimum atomic E-state index is -0.129. The molecule has 0 radical (unpaired) electrons. The van der Waals surface area contributed by atoms with Crippen molar-refractivity contribution in [2.24, 2.45) is 0 Å². The minimum Gasteiger partial charge on any atom is -0.367 e. The first-order valence-corrected chi connectivity index (χ1v) is 4.68. The van der Waals surface area contributed by atoms with Gasteiger partial charge in [-0.2, -0.15) is 0 Å². The van der Waals surface area contributed by atoms with Crippen LogP contribution in [0, 0.1) is 6.92 Å². The molecule has 1 aliphatic heterocycles. The zero-order valence-electron chi connectivity index (χ0n) is 8.40. The molecule has 0 aromatic heterocycles. The Hall–Kier alpha value is -1.57. The largest absolute Gasteiger partial charge is 0.367 e. The monoisotopic (exact) mass is 187 g/mol. The van der Waals surface area contributed by atoms with Crippen molar-refractivity contribution in [3.8, 4) is 0 Å². The van der Waals surface area contributed by atoms with Gasteiger partial charge in [-0.15, -0.1) is 0 Å². The van der Waals surface area contributed by atoms with E-state index in [1.54, 1.807) is 0 Å². The summed E-state index contributed by atoms with van der Waals surface area (Å²) in [5.41, 5.74) is 3.47. The highest BCUT2D eigenvalue weighted by molar-refractivity contribution is 5.70. The Labute approximate surface area is 83.8 Å². The number of aldehydes is 1. The van der Waals surface area contributed by atoms with E-state index in [4.69, 9.17) is 0 Å². The molecule has 0 aliphatic carbocycles. The van der Waals surface area contributed by atoms with Crippen molar-refractivity contribution in [1.29, 1.82) is 0 Å². The van der Waals surface area contributed by atoms with Gasteiger partial charge in [0.25, 0.3) is 0 Å². The van der Waals surface area contributed by atoms with Crippen LogP contribution >= 0.6 is 0 Å². The van der Waals surface area contributed by atoms with E-state index in [1.807, 2.05) is 36.4 Å². The predicted octanol–water partition coefficient (Wildman–Crippen LogP) is 2.15. The van der Waals surface area contributed by atoms with E-state index in [1.165, 1.54) is 5.56 Å². The Morgan fingerprint density at radius 3 is 2.93 bits per heavy atom.